The molecule has 0 unspecified atom stereocenters. The van der Waals surface area contributed by atoms with E-state index in [0.29, 0.717) is 42.5 Å². The third-order valence-corrected chi connectivity index (χ3v) is 5.09. The number of pyridine rings is 1. The van der Waals surface area contributed by atoms with Crippen LogP contribution in [0.5, 0.6) is 23.0 Å². The first-order valence-corrected chi connectivity index (χ1v) is 8.88. The van der Waals surface area contributed by atoms with E-state index in [2.05, 4.69) is 0 Å². The Balaban J connectivity index is 1.86. The van der Waals surface area contributed by atoms with Gasteiger partial charge in [0.25, 0.3) is 0 Å². The predicted octanol–water partition coefficient (Wildman–Crippen LogP) is 1.47. The van der Waals surface area contributed by atoms with Crippen molar-refractivity contribution in [1.82, 2.24) is 9.47 Å². The van der Waals surface area contributed by atoms with Crippen molar-refractivity contribution >= 4 is 5.91 Å². The van der Waals surface area contributed by atoms with Crippen LogP contribution in [0.1, 0.15) is 16.8 Å². The molecule has 150 valence electrons. The molecule has 28 heavy (non-hydrogen) atoms. The van der Waals surface area contributed by atoms with Gasteiger partial charge in [0.2, 0.25) is 17.1 Å². The lowest BCUT2D eigenvalue weighted by molar-refractivity contribution is -0.132. The van der Waals surface area contributed by atoms with Gasteiger partial charge in [0.05, 0.1) is 27.0 Å². The Bertz CT molecular complexity index is 966. The molecule has 1 aliphatic heterocycles. The van der Waals surface area contributed by atoms with Gasteiger partial charge < -0.3 is 28.8 Å². The van der Waals surface area contributed by atoms with Gasteiger partial charge in [0.1, 0.15) is 6.54 Å². The fraction of sp³-hybridized carbons (Fsp3) is 0.400. The predicted molar refractivity (Wildman–Crippen MR) is 102 cm³/mol. The second kappa shape index (κ2) is 7.84. The largest absolute Gasteiger partial charge is 0.503 e. The summed E-state index contributed by atoms with van der Waals surface area (Å²) in [6.45, 7) is 2.59. The van der Waals surface area contributed by atoms with E-state index in [0.717, 1.165) is 11.1 Å². The molecule has 2 aromatic rings. The Kier molecular flexibility index (Phi) is 5.48. The number of aromatic nitrogens is 1. The molecule has 0 saturated heterocycles. The number of methoxy groups -OCH3 is 3. The number of nitrogens with zero attached hydrogens (tertiary/aromatic N) is 2. The standard InChI is InChI=1S/C20H24N2O6/c1-12-18(25)15(23)6-8-21(12)11-17(24)22-7-5-14-13(10-22)9-16(26-2)20(28-4)19(14)27-3/h6,8-9,25H,5,7,10-11H2,1-4H3. The van der Waals surface area contributed by atoms with E-state index in [-0.39, 0.29) is 18.2 Å². The topological polar surface area (TPSA) is 90.2 Å². The SMILES string of the molecule is COc1cc2c(c(OC)c1OC)CCN(C(=O)Cn1ccc(=O)c(O)c1C)C2. The summed E-state index contributed by atoms with van der Waals surface area (Å²) >= 11 is 0. The quantitative estimate of drug-likeness (QED) is 0.834. The van der Waals surface area contributed by atoms with Crippen LogP contribution in [-0.2, 0) is 24.3 Å². The number of carbonyl (C=O) groups excluding carboxylic acids is 1. The summed E-state index contributed by atoms with van der Waals surface area (Å²) in [5.74, 6) is 1.29. The number of ether oxygens (including phenoxy) is 3. The van der Waals surface area contributed by atoms with Crippen LogP contribution in [0.2, 0.25) is 0 Å². The molecule has 1 N–H and O–H groups in total. The molecule has 0 saturated carbocycles. The highest BCUT2D eigenvalue weighted by Gasteiger charge is 2.27. The molecule has 1 amide bonds. The molecule has 8 heteroatoms. The number of rotatable bonds is 5. The van der Waals surface area contributed by atoms with Crippen molar-refractivity contribution in [3.63, 3.8) is 0 Å². The van der Waals surface area contributed by atoms with Crippen molar-refractivity contribution in [2.24, 2.45) is 0 Å². The monoisotopic (exact) mass is 388 g/mol. The van der Waals surface area contributed by atoms with E-state index in [9.17, 15) is 14.7 Å². The molecule has 0 fully saturated rings. The average Bonchev–Trinajstić information content (AvgIpc) is 2.71. The van der Waals surface area contributed by atoms with E-state index in [1.807, 2.05) is 6.07 Å². The Hall–Kier alpha value is -3.16. The fourth-order valence-electron chi connectivity index (χ4n) is 3.51. The van der Waals surface area contributed by atoms with Gasteiger partial charge in [-0.1, -0.05) is 0 Å². The van der Waals surface area contributed by atoms with Crippen molar-refractivity contribution in [3.05, 3.63) is 45.4 Å². The summed E-state index contributed by atoms with van der Waals surface area (Å²) in [5.41, 5.74) is 1.85. The Labute approximate surface area is 162 Å². The van der Waals surface area contributed by atoms with Crippen LogP contribution in [0.3, 0.4) is 0 Å². The van der Waals surface area contributed by atoms with E-state index < -0.39 is 5.43 Å². The van der Waals surface area contributed by atoms with Crippen LogP contribution in [0.25, 0.3) is 0 Å². The van der Waals surface area contributed by atoms with Gasteiger partial charge in [-0.15, -0.1) is 0 Å². The third-order valence-electron chi connectivity index (χ3n) is 5.09. The normalized spacial score (nSPS) is 13.1. The van der Waals surface area contributed by atoms with Crippen LogP contribution < -0.4 is 19.6 Å². The average molecular weight is 388 g/mol. The number of fused-ring (bicyclic) bond motifs is 1. The number of hydrogen-bond acceptors (Lipinski definition) is 6. The minimum Gasteiger partial charge on any atom is -0.503 e. The molecule has 0 atom stereocenters. The Morgan fingerprint density at radius 3 is 2.54 bits per heavy atom. The molecule has 1 aromatic carbocycles. The highest BCUT2D eigenvalue weighted by molar-refractivity contribution is 5.77. The molecule has 0 bridgehead atoms. The van der Waals surface area contributed by atoms with Crippen LogP contribution in [0.15, 0.2) is 23.1 Å². The van der Waals surface area contributed by atoms with Crippen LogP contribution >= 0.6 is 0 Å². The zero-order valence-corrected chi connectivity index (χ0v) is 16.4. The summed E-state index contributed by atoms with van der Waals surface area (Å²) in [5, 5.41) is 9.81. The van der Waals surface area contributed by atoms with Crippen molar-refractivity contribution < 1.29 is 24.1 Å². The van der Waals surface area contributed by atoms with Crippen LogP contribution in [0, 0.1) is 6.92 Å². The molecule has 2 heterocycles. The lowest BCUT2D eigenvalue weighted by atomic mass is 9.97. The molecule has 0 radical (unpaired) electrons. The number of aromatic hydroxyl groups is 1. The summed E-state index contributed by atoms with van der Waals surface area (Å²) in [7, 11) is 4.70. The maximum Gasteiger partial charge on any atom is 0.242 e. The minimum atomic E-state index is -0.457. The zero-order chi connectivity index (χ0) is 20.4. The van der Waals surface area contributed by atoms with E-state index >= 15 is 0 Å². The van der Waals surface area contributed by atoms with Gasteiger partial charge in [-0.25, -0.2) is 0 Å². The molecule has 1 aromatic heterocycles. The Morgan fingerprint density at radius 1 is 1.18 bits per heavy atom. The van der Waals surface area contributed by atoms with Gasteiger partial charge in [0, 0.05) is 30.9 Å². The highest BCUT2D eigenvalue weighted by atomic mass is 16.5. The maximum atomic E-state index is 12.8. The molecular weight excluding hydrogens is 364 g/mol. The van der Waals surface area contributed by atoms with Crippen molar-refractivity contribution in [1.29, 1.82) is 0 Å². The summed E-state index contributed by atoms with van der Waals surface area (Å²) in [4.78, 5) is 26.1. The van der Waals surface area contributed by atoms with Gasteiger partial charge in [0.15, 0.2) is 17.2 Å². The number of benzene rings is 1. The first-order chi connectivity index (χ1) is 13.4. The molecule has 0 aliphatic carbocycles. The number of hydrogen-bond donors (Lipinski definition) is 1. The number of amides is 1. The van der Waals surface area contributed by atoms with E-state index in [1.54, 1.807) is 37.7 Å². The summed E-state index contributed by atoms with van der Waals surface area (Å²) < 4.78 is 17.9. The fourth-order valence-corrected chi connectivity index (χ4v) is 3.51. The molecular formula is C20H24N2O6. The van der Waals surface area contributed by atoms with Gasteiger partial charge in [-0.05, 0) is 25.0 Å². The second-order valence-corrected chi connectivity index (χ2v) is 6.59. The Morgan fingerprint density at radius 2 is 1.89 bits per heavy atom. The summed E-state index contributed by atoms with van der Waals surface area (Å²) in [6, 6.07) is 3.12. The van der Waals surface area contributed by atoms with Crippen molar-refractivity contribution in [2.75, 3.05) is 27.9 Å². The summed E-state index contributed by atoms with van der Waals surface area (Å²) in [6.07, 6.45) is 2.14. The molecule has 0 spiro atoms. The van der Waals surface area contributed by atoms with Crippen LogP contribution in [0.4, 0.5) is 0 Å². The van der Waals surface area contributed by atoms with Crippen molar-refractivity contribution in [3.8, 4) is 23.0 Å². The van der Waals surface area contributed by atoms with E-state index in [1.165, 1.54) is 12.3 Å². The molecule has 8 nitrogen and oxygen atoms in total. The van der Waals surface area contributed by atoms with Crippen LogP contribution in [-0.4, -0.2) is 48.4 Å². The maximum absolute atomic E-state index is 12.8. The molecule has 3 rings (SSSR count). The third kappa shape index (κ3) is 3.37. The van der Waals surface area contributed by atoms with Gasteiger partial charge in [-0.2, -0.15) is 0 Å². The first kappa shape index (κ1) is 19.6. The first-order valence-electron chi connectivity index (χ1n) is 8.88. The minimum absolute atomic E-state index is 0.0411. The number of carbonyl (C=O) groups is 1. The molecule has 1 aliphatic rings. The second-order valence-electron chi connectivity index (χ2n) is 6.59. The lowest BCUT2D eigenvalue weighted by Gasteiger charge is -2.31. The van der Waals surface area contributed by atoms with Gasteiger partial charge >= 0.3 is 0 Å². The lowest BCUT2D eigenvalue weighted by Crippen LogP contribution is -2.38. The van der Waals surface area contributed by atoms with Crippen molar-refractivity contribution in [2.45, 2.75) is 26.4 Å². The van der Waals surface area contributed by atoms with Gasteiger partial charge in [-0.3, -0.25) is 9.59 Å². The zero-order valence-electron chi connectivity index (χ0n) is 16.4. The smallest absolute Gasteiger partial charge is 0.242 e. The van der Waals surface area contributed by atoms with E-state index in [4.69, 9.17) is 14.2 Å². The highest BCUT2D eigenvalue weighted by Crippen LogP contribution is 2.43.